The lowest BCUT2D eigenvalue weighted by atomic mass is 9.51. The number of aliphatic carboxylic acids is 1. The van der Waals surface area contributed by atoms with Gasteiger partial charge in [0, 0.05) is 24.4 Å². The van der Waals surface area contributed by atoms with Crippen LogP contribution in [0.1, 0.15) is 44.1 Å². The number of anilines is 1. The van der Waals surface area contributed by atoms with Crippen molar-refractivity contribution in [3.8, 4) is 5.75 Å². The van der Waals surface area contributed by atoms with Gasteiger partial charge in [0.15, 0.2) is 0 Å². The van der Waals surface area contributed by atoms with E-state index in [0.29, 0.717) is 23.4 Å². The fourth-order valence-electron chi connectivity index (χ4n) is 7.86. The van der Waals surface area contributed by atoms with E-state index in [4.69, 9.17) is 9.84 Å². The zero-order chi connectivity index (χ0) is 30.5. The van der Waals surface area contributed by atoms with Crippen LogP contribution in [0.3, 0.4) is 0 Å². The number of nitrogens with zero attached hydrogens (tertiary/aromatic N) is 2. The number of benzene rings is 2. The summed E-state index contributed by atoms with van der Waals surface area (Å²) in [5, 5.41) is 18.6. The van der Waals surface area contributed by atoms with E-state index in [1.165, 1.54) is 9.80 Å². The Kier molecular flexibility index (Phi) is 7.41. The zero-order valence-electron chi connectivity index (χ0n) is 23.8. The van der Waals surface area contributed by atoms with Crippen LogP contribution in [0.25, 0.3) is 0 Å². The number of carbonyl (C=O) groups excluding carboxylic acids is 4. The van der Waals surface area contributed by atoms with Gasteiger partial charge < -0.3 is 14.9 Å². The van der Waals surface area contributed by atoms with Crippen molar-refractivity contribution in [3.05, 3.63) is 71.8 Å². The lowest BCUT2D eigenvalue weighted by molar-refractivity contribution is -0.142. The highest BCUT2D eigenvalue weighted by atomic mass is 16.5. The van der Waals surface area contributed by atoms with Gasteiger partial charge in [-0.1, -0.05) is 48.0 Å². The van der Waals surface area contributed by atoms with Crippen LogP contribution in [0.2, 0.25) is 0 Å². The van der Waals surface area contributed by atoms with Crippen molar-refractivity contribution < 1.29 is 38.9 Å². The molecular weight excluding hydrogens is 552 g/mol. The summed E-state index contributed by atoms with van der Waals surface area (Å²) in [6, 6.07) is 16.1. The van der Waals surface area contributed by atoms with E-state index in [0.717, 1.165) is 5.57 Å². The first-order valence-corrected chi connectivity index (χ1v) is 14.7. The Bertz CT molecular complexity index is 1520. The molecule has 0 spiro atoms. The van der Waals surface area contributed by atoms with Crippen molar-refractivity contribution >= 4 is 35.3 Å². The summed E-state index contributed by atoms with van der Waals surface area (Å²) >= 11 is 0. The van der Waals surface area contributed by atoms with Crippen LogP contribution in [-0.4, -0.2) is 64.5 Å². The molecular formula is C33H34N2O8. The fourth-order valence-corrected chi connectivity index (χ4v) is 7.86. The van der Waals surface area contributed by atoms with Gasteiger partial charge in [-0.15, -0.1) is 0 Å². The van der Waals surface area contributed by atoms with Crippen molar-refractivity contribution in [2.75, 3.05) is 24.7 Å². The van der Waals surface area contributed by atoms with Crippen LogP contribution < -0.4 is 9.64 Å². The summed E-state index contributed by atoms with van der Waals surface area (Å²) in [5.74, 6) is -5.01. The molecule has 2 saturated heterocycles. The molecule has 0 bridgehead atoms. The highest BCUT2D eigenvalue weighted by Gasteiger charge is 2.67. The maximum absolute atomic E-state index is 14.4. The van der Waals surface area contributed by atoms with Crippen molar-refractivity contribution in [2.24, 2.45) is 29.1 Å². The molecule has 2 aliphatic heterocycles. The number of ether oxygens (including phenoxy) is 1. The highest BCUT2D eigenvalue weighted by Crippen LogP contribution is 2.64. The quantitative estimate of drug-likeness (QED) is 0.337. The monoisotopic (exact) mass is 586 g/mol. The predicted octanol–water partition coefficient (Wildman–Crippen LogP) is 3.15. The molecule has 4 aliphatic rings. The Labute approximate surface area is 248 Å². The molecule has 43 heavy (non-hydrogen) atoms. The van der Waals surface area contributed by atoms with Crippen LogP contribution >= 0.6 is 0 Å². The van der Waals surface area contributed by atoms with Gasteiger partial charge in [-0.05, 0) is 50.3 Å². The number of carboxylic acid groups (broad SMARTS) is 1. The number of rotatable bonds is 9. The minimum absolute atomic E-state index is 0.0284. The van der Waals surface area contributed by atoms with Gasteiger partial charge in [-0.2, -0.15) is 0 Å². The Morgan fingerprint density at radius 3 is 2.42 bits per heavy atom. The number of hydrogen-bond acceptors (Lipinski definition) is 7. The zero-order valence-corrected chi connectivity index (χ0v) is 23.8. The third-order valence-electron chi connectivity index (χ3n) is 9.73. The molecule has 2 aliphatic carbocycles. The lowest BCUT2D eigenvalue weighted by Gasteiger charge is -2.49. The second-order valence-corrected chi connectivity index (χ2v) is 11.9. The SMILES string of the molecule is C[C@@]12C(=O)N(c3ccccc3)C(=O)[C@@H]1C[C@@H]1C(=CC[C@@H]3C(=O)N(CCCC(=O)O)C(=O)[C@@H]31)[C@@H]2c1ccccc1OCCO. The van der Waals surface area contributed by atoms with Gasteiger partial charge in [0.25, 0.3) is 0 Å². The maximum Gasteiger partial charge on any atom is 0.303 e. The minimum atomic E-state index is -1.20. The van der Waals surface area contributed by atoms with Crippen molar-refractivity contribution in [1.82, 2.24) is 4.90 Å². The number of hydrogen-bond donors (Lipinski definition) is 2. The molecule has 3 fully saturated rings. The summed E-state index contributed by atoms with van der Waals surface area (Å²) in [4.78, 5) is 69.4. The van der Waals surface area contributed by atoms with E-state index in [1.807, 2.05) is 31.2 Å². The highest BCUT2D eigenvalue weighted by molar-refractivity contribution is 6.24. The molecule has 2 aromatic carbocycles. The van der Waals surface area contributed by atoms with E-state index in [-0.39, 0.29) is 62.6 Å². The molecule has 2 heterocycles. The largest absolute Gasteiger partial charge is 0.491 e. The van der Waals surface area contributed by atoms with Crippen LogP contribution in [0.5, 0.6) is 5.75 Å². The second kappa shape index (κ2) is 11.1. The summed E-state index contributed by atoms with van der Waals surface area (Å²) < 4.78 is 5.93. The first-order chi connectivity index (χ1) is 20.7. The number of aliphatic hydroxyl groups excluding tert-OH is 1. The van der Waals surface area contributed by atoms with Crippen molar-refractivity contribution in [1.29, 1.82) is 0 Å². The van der Waals surface area contributed by atoms with E-state index in [1.54, 1.807) is 36.4 Å². The molecule has 10 nitrogen and oxygen atoms in total. The Hall–Kier alpha value is -4.31. The normalized spacial score (nSPS) is 29.7. The van der Waals surface area contributed by atoms with Gasteiger partial charge in [0.05, 0.1) is 35.5 Å². The number of likely N-dealkylation sites (tertiary alicyclic amines) is 1. The molecule has 0 unspecified atom stereocenters. The van der Waals surface area contributed by atoms with E-state index in [2.05, 4.69) is 0 Å². The number of para-hydroxylation sites is 2. The summed E-state index contributed by atoms with van der Waals surface area (Å²) in [5.41, 5.74) is 0.796. The number of imide groups is 2. The van der Waals surface area contributed by atoms with Crippen molar-refractivity contribution in [3.63, 3.8) is 0 Å². The van der Waals surface area contributed by atoms with E-state index in [9.17, 15) is 29.1 Å². The smallest absolute Gasteiger partial charge is 0.303 e. The number of carbonyl (C=O) groups is 5. The van der Waals surface area contributed by atoms with Gasteiger partial charge in [-0.3, -0.25) is 28.9 Å². The van der Waals surface area contributed by atoms with Gasteiger partial charge in [-0.25, -0.2) is 4.90 Å². The number of allylic oxidation sites excluding steroid dienone is 2. The number of carboxylic acids is 1. The van der Waals surface area contributed by atoms with Crippen LogP contribution in [0.15, 0.2) is 66.2 Å². The first-order valence-electron chi connectivity index (χ1n) is 14.7. The topological polar surface area (TPSA) is 142 Å². The summed E-state index contributed by atoms with van der Waals surface area (Å²) in [6.45, 7) is 1.68. The molecule has 1 saturated carbocycles. The fraction of sp³-hybridized carbons (Fsp3) is 0.424. The van der Waals surface area contributed by atoms with Crippen LogP contribution in [0.4, 0.5) is 5.69 Å². The Morgan fingerprint density at radius 2 is 1.70 bits per heavy atom. The molecule has 2 N–H and O–H groups in total. The minimum Gasteiger partial charge on any atom is -0.491 e. The molecule has 6 rings (SSSR count). The Balaban J connectivity index is 1.46. The van der Waals surface area contributed by atoms with Gasteiger partial charge in [0.2, 0.25) is 23.6 Å². The second-order valence-electron chi connectivity index (χ2n) is 11.9. The maximum atomic E-state index is 14.4. The number of fused-ring (bicyclic) bond motifs is 4. The summed E-state index contributed by atoms with van der Waals surface area (Å²) in [6.07, 6.45) is 2.51. The molecule has 224 valence electrons. The standard InChI is InChI=1S/C33H34N2O8/c1-33-24(30(40)35(32(33)42)19-8-3-2-4-9-19)18-23-20(28(33)21-10-5-6-11-25(21)43-17-16-36)13-14-22-27(23)31(41)34(29(22)39)15-7-12-26(37)38/h2-6,8-11,13,22-24,27-28,36H,7,12,14-18H2,1H3,(H,37,38)/t22-,23+,24-,27-,28+,33+/m0/s1. The van der Waals surface area contributed by atoms with Gasteiger partial charge >= 0.3 is 5.97 Å². The molecule has 2 aromatic rings. The molecule has 0 aromatic heterocycles. The van der Waals surface area contributed by atoms with Crippen LogP contribution in [0, 0.1) is 29.1 Å². The number of aliphatic hydroxyl groups is 1. The molecule has 10 heteroatoms. The molecule has 4 amide bonds. The van der Waals surface area contributed by atoms with Crippen LogP contribution in [-0.2, 0) is 24.0 Å². The summed E-state index contributed by atoms with van der Waals surface area (Å²) in [7, 11) is 0. The third-order valence-corrected chi connectivity index (χ3v) is 9.73. The number of amides is 4. The third kappa shape index (κ3) is 4.47. The average Bonchev–Trinajstić information content (AvgIpc) is 3.36. The van der Waals surface area contributed by atoms with Gasteiger partial charge in [0.1, 0.15) is 12.4 Å². The lowest BCUT2D eigenvalue weighted by Crippen LogP contribution is -2.49. The van der Waals surface area contributed by atoms with E-state index >= 15 is 0 Å². The Morgan fingerprint density at radius 1 is 0.977 bits per heavy atom. The predicted molar refractivity (Wildman–Crippen MR) is 154 cm³/mol. The first kappa shape index (κ1) is 28.8. The molecule has 0 radical (unpaired) electrons. The van der Waals surface area contributed by atoms with E-state index < -0.39 is 41.0 Å². The van der Waals surface area contributed by atoms with Crippen molar-refractivity contribution in [2.45, 2.75) is 38.5 Å². The molecule has 6 atom stereocenters. The average molecular weight is 587 g/mol.